The second kappa shape index (κ2) is 9.78. The Balaban J connectivity index is 0.000000515. The van der Waals surface area contributed by atoms with Gasteiger partial charge in [0.15, 0.2) is 12.9 Å². The number of halogens is 3. The number of amides is 1. The van der Waals surface area contributed by atoms with E-state index in [4.69, 9.17) is 5.26 Å². The van der Waals surface area contributed by atoms with E-state index in [0.29, 0.717) is 6.54 Å². The van der Waals surface area contributed by atoms with Crippen molar-refractivity contribution >= 4 is 17.2 Å². The Morgan fingerprint density at radius 3 is 2.64 bits per heavy atom. The number of likely N-dealkylation sites (tertiary alicyclic amines) is 1. The molecule has 28 heavy (non-hydrogen) atoms. The molecule has 2 aromatic rings. The van der Waals surface area contributed by atoms with Crippen molar-refractivity contribution in [3.63, 3.8) is 0 Å². The minimum Gasteiger partial charge on any atom is -0.385 e. The van der Waals surface area contributed by atoms with Crippen LogP contribution in [0.4, 0.5) is 13.2 Å². The smallest absolute Gasteiger partial charge is 0.385 e. The zero-order valence-electron chi connectivity index (χ0n) is 14.8. The third kappa shape index (κ3) is 4.71. The number of rotatable bonds is 2. The summed E-state index contributed by atoms with van der Waals surface area (Å²) in [6.45, 7) is 0.196. The molecule has 2 unspecified atom stereocenters. The zero-order chi connectivity index (χ0) is 19.6. The van der Waals surface area contributed by atoms with Crippen LogP contribution in [-0.2, 0) is 6.54 Å². The molecule has 0 spiro atoms. The average molecular weight is 630 g/mol. The molecule has 0 saturated carbocycles. The molecule has 0 N–H and O–H groups in total. The Kier molecular flexibility index (Phi) is 7.94. The molecule has 1 aromatic heterocycles. The maximum Gasteiger partial charge on any atom is 2.00 e. The maximum absolute atomic E-state index is 12.8. The summed E-state index contributed by atoms with van der Waals surface area (Å²) >= 11 is 1.44. The minimum atomic E-state index is -3.08. The van der Waals surface area contributed by atoms with Crippen molar-refractivity contribution < 1.29 is 49.1 Å². The van der Waals surface area contributed by atoms with E-state index in [1.54, 1.807) is 4.90 Å². The Morgan fingerprint density at radius 1 is 1.39 bits per heavy atom. The van der Waals surface area contributed by atoms with Gasteiger partial charge >= 0.3 is 31.1 Å². The topological polar surface area (TPSA) is 60.2 Å². The van der Waals surface area contributed by atoms with Gasteiger partial charge in [0.1, 0.15) is 4.88 Å². The van der Waals surface area contributed by atoms with Gasteiger partial charge in [0.25, 0.3) is 5.91 Å². The van der Waals surface area contributed by atoms with Gasteiger partial charge in [-0.25, -0.2) is 0 Å². The van der Waals surface area contributed by atoms with Crippen LogP contribution in [-0.4, -0.2) is 39.3 Å². The van der Waals surface area contributed by atoms with E-state index in [-0.39, 0.29) is 49.1 Å². The van der Waals surface area contributed by atoms with E-state index in [1.807, 2.05) is 36.1 Å². The van der Waals surface area contributed by atoms with Crippen molar-refractivity contribution in [3.8, 4) is 16.8 Å². The molecule has 2 aliphatic rings. The van der Waals surface area contributed by atoms with E-state index in [0.717, 1.165) is 34.1 Å². The van der Waals surface area contributed by atoms with Crippen molar-refractivity contribution in [2.24, 2.45) is 0 Å². The molecule has 3 heterocycles. The Hall–Kier alpha value is -1.55. The normalized spacial score (nSPS) is 20.4. The predicted molar refractivity (Wildman–Crippen MR) is 93.0 cm³/mol. The molecule has 2 atom stereocenters. The first-order valence-electron chi connectivity index (χ1n) is 8.20. The van der Waals surface area contributed by atoms with Gasteiger partial charge in [0.05, 0.1) is 24.3 Å². The monoisotopic (exact) mass is 630 g/mol. The second-order valence-electron chi connectivity index (χ2n) is 6.11. The summed E-state index contributed by atoms with van der Waals surface area (Å²) in [6.07, 6.45) is 3.05. The number of aromatic nitrogens is 1. The Labute approximate surface area is 188 Å². The number of nitrogens with zero attached hydrogens (tertiary/aromatic N) is 4. The fourth-order valence-corrected chi connectivity index (χ4v) is 4.40. The molecule has 5 nitrogen and oxygen atoms in total. The van der Waals surface area contributed by atoms with E-state index >= 15 is 0 Å². The van der Waals surface area contributed by atoms with Gasteiger partial charge in [-0.15, -0.1) is 35.9 Å². The molecule has 144 valence electrons. The zero-order valence-corrected chi connectivity index (χ0v) is 19.8. The third-order valence-corrected chi connectivity index (χ3v) is 5.77. The van der Waals surface area contributed by atoms with Crippen molar-refractivity contribution in [1.29, 1.82) is 5.26 Å². The van der Waals surface area contributed by atoms with E-state index < -0.39 is 6.68 Å². The van der Waals surface area contributed by atoms with Gasteiger partial charge < -0.3 is 23.0 Å². The molecule has 1 amide bonds. The first-order chi connectivity index (χ1) is 12.9. The molecule has 0 radical (unpaired) electrons. The van der Waals surface area contributed by atoms with Crippen LogP contribution in [0.5, 0.6) is 0 Å². The molecular weight excluding hydrogens is 615 g/mol. The number of carbonyl (C=O) groups is 1. The molecule has 10 heteroatoms. The Bertz CT molecular complexity index is 856. The van der Waals surface area contributed by atoms with Gasteiger partial charge in [-0.2, -0.15) is 16.6 Å². The number of carbonyl (C=O) groups excluding carboxylic acids is 1. The fraction of sp³-hybridized carbons (Fsp3) is 0.333. The van der Waals surface area contributed by atoms with Gasteiger partial charge in [-0.3, -0.25) is 9.78 Å². The number of hydrogen-bond acceptors (Lipinski definition) is 5. The summed E-state index contributed by atoms with van der Waals surface area (Å²) in [7, 11) is 0. The standard InChI is InChI=1S/C17H15N4OS.CF3.U/c1-11-14(7-8-20(11)10-18)21-9-13-15(17(21)22)23-16(19-13)12-5-3-2-4-6-12;2-1(3)4;/h2-5,11,14H,7-9H2,1H3;;/q2*-1;+2. The summed E-state index contributed by atoms with van der Waals surface area (Å²) in [4.78, 5) is 21.8. The first-order valence-corrected chi connectivity index (χ1v) is 9.01. The summed E-state index contributed by atoms with van der Waals surface area (Å²) in [5.41, 5.74) is 1.78. The quantitative estimate of drug-likeness (QED) is 0.374. The van der Waals surface area contributed by atoms with E-state index in [1.165, 1.54) is 11.3 Å². The molecule has 0 aliphatic carbocycles. The van der Waals surface area contributed by atoms with Gasteiger partial charge in [0, 0.05) is 11.6 Å². The molecular formula is C18H15F3N4OSU. The van der Waals surface area contributed by atoms with Crippen molar-refractivity contribution in [1.82, 2.24) is 14.8 Å². The van der Waals surface area contributed by atoms with Crippen LogP contribution in [0.3, 0.4) is 0 Å². The molecule has 1 saturated heterocycles. The van der Waals surface area contributed by atoms with Crippen LogP contribution in [0.1, 0.15) is 28.7 Å². The van der Waals surface area contributed by atoms with Gasteiger partial charge in [0.2, 0.25) is 0 Å². The third-order valence-electron chi connectivity index (χ3n) is 4.66. The van der Waals surface area contributed by atoms with Crippen LogP contribution in [0.2, 0.25) is 0 Å². The van der Waals surface area contributed by atoms with Crippen LogP contribution in [0.15, 0.2) is 24.3 Å². The van der Waals surface area contributed by atoms with Gasteiger partial charge in [-0.05, 0) is 13.3 Å². The van der Waals surface area contributed by atoms with Crippen LogP contribution in [0, 0.1) is 55.3 Å². The first kappa shape index (κ1) is 22.7. The number of nitriles is 1. The molecule has 1 aromatic carbocycles. The summed E-state index contributed by atoms with van der Waals surface area (Å²) in [5, 5.41) is 9.97. The minimum absolute atomic E-state index is 0. The number of hydrogen-bond donors (Lipinski definition) is 0. The molecule has 1 fully saturated rings. The van der Waals surface area contributed by atoms with Crippen LogP contribution >= 0.6 is 11.3 Å². The molecule has 4 rings (SSSR count). The average Bonchev–Trinajstić information content (AvgIpc) is 3.30. The number of thiazole rings is 1. The second-order valence-corrected chi connectivity index (χ2v) is 7.11. The predicted octanol–water partition coefficient (Wildman–Crippen LogP) is 3.85. The number of benzene rings is 1. The SMILES string of the molecule is CC1C(N2Cc3nc(-c4[c-]cccc4)sc3C2=O)CCN1C#N.F[C-](F)F.[U+2]. The van der Waals surface area contributed by atoms with E-state index in [9.17, 15) is 18.0 Å². The van der Waals surface area contributed by atoms with Crippen LogP contribution in [0.25, 0.3) is 10.6 Å². The summed E-state index contributed by atoms with van der Waals surface area (Å²) in [5.74, 6) is 0.0521. The van der Waals surface area contributed by atoms with Crippen molar-refractivity contribution in [3.05, 3.63) is 47.6 Å². The maximum atomic E-state index is 12.8. The van der Waals surface area contributed by atoms with Crippen molar-refractivity contribution in [2.75, 3.05) is 6.54 Å². The summed E-state index contributed by atoms with van der Waals surface area (Å²) in [6, 6.07) is 11.0. The van der Waals surface area contributed by atoms with Crippen LogP contribution < -0.4 is 0 Å². The summed E-state index contributed by atoms with van der Waals surface area (Å²) < 4.78 is 28.8. The van der Waals surface area contributed by atoms with E-state index in [2.05, 4.69) is 17.2 Å². The number of fused-ring (bicyclic) bond motifs is 1. The molecule has 2 aliphatic heterocycles. The largest absolute Gasteiger partial charge is 2.00 e. The Morgan fingerprint density at radius 2 is 2.11 bits per heavy atom. The van der Waals surface area contributed by atoms with Crippen molar-refractivity contribution in [2.45, 2.75) is 32.0 Å². The van der Waals surface area contributed by atoms with Gasteiger partial charge in [-0.1, -0.05) is 0 Å². The molecule has 0 bridgehead atoms. The fourth-order valence-electron chi connectivity index (χ4n) is 3.38.